The largest absolute Gasteiger partial charge is 0.468 e. The van der Waals surface area contributed by atoms with Crippen molar-refractivity contribution in [2.45, 2.75) is 26.0 Å². The molecule has 0 amide bonds. The van der Waals surface area contributed by atoms with Crippen molar-refractivity contribution in [3.8, 4) is 0 Å². The summed E-state index contributed by atoms with van der Waals surface area (Å²) in [5, 5.41) is 9.94. The minimum absolute atomic E-state index is 0.618. The maximum atomic E-state index is 11.2. The molecule has 4 nitrogen and oxygen atoms in total. The van der Waals surface area contributed by atoms with Gasteiger partial charge in [-0.1, -0.05) is 23.8 Å². The van der Waals surface area contributed by atoms with E-state index < -0.39 is 18.1 Å². The zero-order chi connectivity index (χ0) is 12.3. The molecule has 1 aromatic rings. The molecule has 1 rings (SSSR count). The molecule has 0 fully saturated rings. The van der Waals surface area contributed by atoms with Gasteiger partial charge in [0, 0.05) is 0 Å². The van der Waals surface area contributed by atoms with Gasteiger partial charge >= 0.3 is 5.97 Å². The van der Waals surface area contributed by atoms with Gasteiger partial charge in [-0.25, -0.2) is 0 Å². The molecule has 16 heavy (non-hydrogen) atoms. The van der Waals surface area contributed by atoms with Crippen molar-refractivity contribution in [2.75, 3.05) is 7.11 Å². The Morgan fingerprint density at radius 1 is 1.44 bits per heavy atom. The first-order chi connectivity index (χ1) is 7.47. The second-order valence-corrected chi connectivity index (χ2v) is 3.85. The average molecular weight is 223 g/mol. The molecule has 0 saturated heterocycles. The van der Waals surface area contributed by atoms with E-state index in [0.29, 0.717) is 5.56 Å². The van der Waals surface area contributed by atoms with E-state index in [1.165, 1.54) is 7.11 Å². The summed E-state index contributed by atoms with van der Waals surface area (Å²) >= 11 is 0. The van der Waals surface area contributed by atoms with Crippen molar-refractivity contribution in [2.24, 2.45) is 5.73 Å². The summed E-state index contributed by atoms with van der Waals surface area (Å²) in [7, 11) is 1.25. The molecule has 0 heterocycles. The lowest BCUT2D eigenvalue weighted by molar-refractivity contribution is -0.145. The molecule has 0 aliphatic carbocycles. The van der Waals surface area contributed by atoms with Crippen molar-refractivity contribution >= 4 is 5.97 Å². The smallest absolute Gasteiger partial charge is 0.325 e. The number of methoxy groups -OCH3 is 1. The van der Waals surface area contributed by atoms with Crippen molar-refractivity contribution in [3.63, 3.8) is 0 Å². The molecule has 88 valence electrons. The SMILES string of the molecule is COC(=O)[C@@H](N)[C@H](O)c1ccc(C)cc1C. The van der Waals surface area contributed by atoms with Crippen molar-refractivity contribution in [3.05, 3.63) is 34.9 Å². The minimum Gasteiger partial charge on any atom is -0.468 e. The molecule has 0 aliphatic rings. The van der Waals surface area contributed by atoms with Crippen LogP contribution < -0.4 is 5.73 Å². The molecule has 1 aromatic carbocycles. The van der Waals surface area contributed by atoms with Crippen LogP contribution in [0.5, 0.6) is 0 Å². The van der Waals surface area contributed by atoms with E-state index in [1.54, 1.807) is 6.07 Å². The number of aryl methyl sites for hydroxylation is 2. The lowest BCUT2D eigenvalue weighted by atomic mass is 9.97. The van der Waals surface area contributed by atoms with Crippen LogP contribution in [0, 0.1) is 13.8 Å². The van der Waals surface area contributed by atoms with Crippen molar-refractivity contribution in [1.29, 1.82) is 0 Å². The number of hydrogen-bond acceptors (Lipinski definition) is 4. The normalized spacial score (nSPS) is 14.3. The average Bonchev–Trinajstić information content (AvgIpc) is 2.26. The lowest BCUT2D eigenvalue weighted by Gasteiger charge is -2.19. The monoisotopic (exact) mass is 223 g/mol. The number of ether oxygens (including phenoxy) is 1. The van der Waals surface area contributed by atoms with Crippen LogP contribution in [0.25, 0.3) is 0 Å². The molecule has 0 radical (unpaired) electrons. The van der Waals surface area contributed by atoms with Crippen LogP contribution in [0.3, 0.4) is 0 Å². The molecule has 0 saturated carbocycles. The van der Waals surface area contributed by atoms with E-state index >= 15 is 0 Å². The predicted molar refractivity (Wildman–Crippen MR) is 60.9 cm³/mol. The number of carbonyl (C=O) groups is 1. The third-order valence-electron chi connectivity index (χ3n) is 2.56. The van der Waals surface area contributed by atoms with Gasteiger partial charge in [-0.05, 0) is 25.0 Å². The van der Waals surface area contributed by atoms with E-state index in [9.17, 15) is 9.90 Å². The topological polar surface area (TPSA) is 72.5 Å². The third-order valence-corrected chi connectivity index (χ3v) is 2.56. The summed E-state index contributed by atoms with van der Waals surface area (Å²) in [6.45, 7) is 3.83. The molecule has 3 N–H and O–H groups in total. The van der Waals surface area contributed by atoms with Gasteiger partial charge in [-0.15, -0.1) is 0 Å². The van der Waals surface area contributed by atoms with E-state index in [4.69, 9.17) is 5.73 Å². The maximum Gasteiger partial charge on any atom is 0.325 e. The van der Waals surface area contributed by atoms with Gasteiger partial charge in [0.15, 0.2) is 0 Å². The van der Waals surface area contributed by atoms with Crippen molar-refractivity contribution in [1.82, 2.24) is 0 Å². The van der Waals surface area contributed by atoms with Crippen LogP contribution in [0.1, 0.15) is 22.8 Å². The van der Waals surface area contributed by atoms with E-state index in [1.807, 2.05) is 26.0 Å². The number of aliphatic hydroxyl groups excluding tert-OH is 1. The lowest BCUT2D eigenvalue weighted by Crippen LogP contribution is -2.37. The van der Waals surface area contributed by atoms with Crippen LogP contribution in [0.2, 0.25) is 0 Å². The first-order valence-electron chi connectivity index (χ1n) is 5.06. The Kier molecular flexibility index (Phi) is 4.04. The second kappa shape index (κ2) is 5.09. The first kappa shape index (κ1) is 12.7. The first-order valence-corrected chi connectivity index (χ1v) is 5.06. The van der Waals surface area contributed by atoms with Crippen LogP contribution in [-0.2, 0) is 9.53 Å². The molecule has 0 aliphatic heterocycles. The molecule has 0 bridgehead atoms. The number of nitrogens with two attached hydrogens (primary N) is 1. The number of aliphatic hydroxyl groups is 1. The number of hydrogen-bond donors (Lipinski definition) is 2. The van der Waals surface area contributed by atoms with Crippen LogP contribution >= 0.6 is 0 Å². The Morgan fingerprint density at radius 2 is 2.06 bits per heavy atom. The van der Waals surface area contributed by atoms with Crippen LogP contribution in [-0.4, -0.2) is 24.2 Å². The van der Waals surface area contributed by atoms with Gasteiger partial charge in [0.05, 0.1) is 7.11 Å². The van der Waals surface area contributed by atoms with Gasteiger partial charge in [-0.3, -0.25) is 4.79 Å². The second-order valence-electron chi connectivity index (χ2n) is 3.85. The molecule has 4 heteroatoms. The fourth-order valence-corrected chi connectivity index (χ4v) is 1.62. The fraction of sp³-hybridized carbons (Fsp3) is 0.417. The van der Waals surface area contributed by atoms with Gasteiger partial charge in [0.25, 0.3) is 0 Å². The quantitative estimate of drug-likeness (QED) is 0.745. The molecule has 0 unspecified atom stereocenters. The Bertz CT molecular complexity index is 390. The molecule has 2 atom stereocenters. The Hall–Kier alpha value is -1.39. The highest BCUT2D eigenvalue weighted by Gasteiger charge is 2.25. The van der Waals surface area contributed by atoms with Gasteiger partial charge < -0.3 is 15.6 Å². The van der Waals surface area contributed by atoms with Crippen LogP contribution in [0.15, 0.2) is 18.2 Å². The standard InChI is InChI=1S/C12H17NO3/c1-7-4-5-9(8(2)6-7)11(14)10(13)12(15)16-3/h4-6,10-11,14H,13H2,1-3H3/t10-,11+/m0/s1. The summed E-state index contributed by atoms with van der Waals surface area (Å²) in [4.78, 5) is 11.2. The third kappa shape index (κ3) is 2.59. The van der Waals surface area contributed by atoms with E-state index in [0.717, 1.165) is 11.1 Å². The van der Waals surface area contributed by atoms with Gasteiger partial charge in [0.2, 0.25) is 0 Å². The number of esters is 1. The molecular formula is C12H17NO3. The zero-order valence-corrected chi connectivity index (χ0v) is 9.73. The molecule has 0 spiro atoms. The van der Waals surface area contributed by atoms with Crippen molar-refractivity contribution < 1.29 is 14.6 Å². The molecular weight excluding hydrogens is 206 g/mol. The summed E-state index contributed by atoms with van der Waals surface area (Å²) < 4.78 is 4.49. The fourth-order valence-electron chi connectivity index (χ4n) is 1.62. The Balaban J connectivity index is 2.96. The van der Waals surface area contributed by atoms with Crippen LogP contribution in [0.4, 0.5) is 0 Å². The Labute approximate surface area is 95.0 Å². The number of rotatable bonds is 3. The highest BCUT2D eigenvalue weighted by molar-refractivity contribution is 5.76. The van der Waals surface area contributed by atoms with E-state index in [-0.39, 0.29) is 0 Å². The highest BCUT2D eigenvalue weighted by Crippen LogP contribution is 2.21. The number of benzene rings is 1. The van der Waals surface area contributed by atoms with Gasteiger partial charge in [0.1, 0.15) is 12.1 Å². The highest BCUT2D eigenvalue weighted by atomic mass is 16.5. The summed E-state index contributed by atoms with van der Waals surface area (Å²) in [5.41, 5.74) is 8.25. The predicted octanol–water partition coefficient (Wildman–Crippen LogP) is 0.837. The Morgan fingerprint density at radius 3 is 2.56 bits per heavy atom. The molecule has 0 aromatic heterocycles. The number of carbonyl (C=O) groups excluding carboxylic acids is 1. The summed E-state index contributed by atoms with van der Waals surface area (Å²) in [6.07, 6.45) is -1.03. The summed E-state index contributed by atoms with van der Waals surface area (Å²) in [6, 6.07) is 4.53. The van der Waals surface area contributed by atoms with Gasteiger partial charge in [-0.2, -0.15) is 0 Å². The maximum absolute atomic E-state index is 11.2. The minimum atomic E-state index is -1.05. The van der Waals surface area contributed by atoms with E-state index in [2.05, 4.69) is 4.74 Å². The zero-order valence-electron chi connectivity index (χ0n) is 9.73. The summed E-state index contributed by atoms with van der Waals surface area (Å²) in [5.74, 6) is -0.618.